The van der Waals surface area contributed by atoms with Gasteiger partial charge in [0.05, 0.1) is 4.92 Å². The topological polar surface area (TPSA) is 131 Å². The van der Waals surface area contributed by atoms with Crippen molar-refractivity contribution in [2.45, 2.75) is 25.9 Å². The van der Waals surface area contributed by atoms with Gasteiger partial charge in [0.25, 0.3) is 11.6 Å². The van der Waals surface area contributed by atoms with Crippen LogP contribution in [0.1, 0.15) is 24.3 Å². The predicted octanol–water partition coefficient (Wildman–Crippen LogP) is 1.25. The van der Waals surface area contributed by atoms with Crippen molar-refractivity contribution >= 4 is 17.6 Å². The number of imide groups is 1. The van der Waals surface area contributed by atoms with Gasteiger partial charge in [0.2, 0.25) is 11.8 Å². The van der Waals surface area contributed by atoms with Crippen molar-refractivity contribution < 1.29 is 18.9 Å². The van der Waals surface area contributed by atoms with Crippen LogP contribution in [0.3, 0.4) is 0 Å². The zero-order chi connectivity index (χ0) is 17.5. The Labute approximate surface area is 135 Å². The van der Waals surface area contributed by atoms with Crippen LogP contribution >= 0.6 is 0 Å². The fourth-order valence-corrected chi connectivity index (χ4v) is 2.50. The molecular formula is C14H13N5O5. The lowest BCUT2D eigenvalue weighted by Crippen LogP contribution is -2.40. The van der Waals surface area contributed by atoms with Gasteiger partial charge in [-0.05, 0) is 12.5 Å². The SMILES string of the molecule is Cc1nnc(CN2C(=O)NC(C)(c3cccc([N+](=O)[O-])c3)C2=O)o1. The van der Waals surface area contributed by atoms with E-state index in [4.69, 9.17) is 4.42 Å². The first-order chi connectivity index (χ1) is 11.3. The van der Waals surface area contributed by atoms with Gasteiger partial charge in [0, 0.05) is 19.1 Å². The van der Waals surface area contributed by atoms with Gasteiger partial charge in [-0.3, -0.25) is 19.8 Å². The molecule has 2 heterocycles. The Kier molecular flexibility index (Phi) is 3.51. The van der Waals surface area contributed by atoms with E-state index in [1.165, 1.54) is 25.1 Å². The molecule has 1 atom stereocenters. The van der Waals surface area contributed by atoms with Crippen LogP contribution in [0.15, 0.2) is 28.7 Å². The van der Waals surface area contributed by atoms with Crippen LogP contribution in [0.25, 0.3) is 0 Å². The number of aryl methyl sites for hydroxylation is 1. The third-order valence-electron chi connectivity index (χ3n) is 3.77. The molecule has 1 aliphatic heterocycles. The highest BCUT2D eigenvalue weighted by molar-refractivity contribution is 6.07. The van der Waals surface area contributed by atoms with Crippen LogP contribution in [0.4, 0.5) is 10.5 Å². The molecular weight excluding hydrogens is 318 g/mol. The predicted molar refractivity (Wildman–Crippen MR) is 78.6 cm³/mol. The van der Waals surface area contributed by atoms with E-state index < -0.39 is 22.4 Å². The minimum absolute atomic E-state index is 0.124. The number of hydrogen-bond donors (Lipinski definition) is 1. The summed E-state index contributed by atoms with van der Waals surface area (Å²) in [7, 11) is 0. The third-order valence-corrected chi connectivity index (χ3v) is 3.77. The second-order valence-corrected chi connectivity index (χ2v) is 5.47. The van der Waals surface area contributed by atoms with E-state index in [0.29, 0.717) is 11.5 Å². The molecule has 24 heavy (non-hydrogen) atoms. The van der Waals surface area contributed by atoms with Crippen molar-refractivity contribution in [1.29, 1.82) is 0 Å². The molecule has 0 spiro atoms. The van der Waals surface area contributed by atoms with Gasteiger partial charge in [0.15, 0.2) is 0 Å². The van der Waals surface area contributed by atoms with Gasteiger partial charge >= 0.3 is 6.03 Å². The number of benzene rings is 1. The van der Waals surface area contributed by atoms with Crippen LogP contribution in [-0.2, 0) is 16.9 Å². The zero-order valence-electron chi connectivity index (χ0n) is 12.8. The molecule has 10 heteroatoms. The monoisotopic (exact) mass is 331 g/mol. The summed E-state index contributed by atoms with van der Waals surface area (Å²) in [6.07, 6.45) is 0. The Bertz CT molecular complexity index is 848. The number of nitrogens with one attached hydrogen (secondary N) is 1. The molecule has 0 bridgehead atoms. The van der Waals surface area contributed by atoms with Crippen LogP contribution < -0.4 is 5.32 Å². The van der Waals surface area contributed by atoms with E-state index in [-0.39, 0.29) is 18.1 Å². The van der Waals surface area contributed by atoms with E-state index >= 15 is 0 Å². The van der Waals surface area contributed by atoms with E-state index in [9.17, 15) is 19.7 Å². The number of nitro groups is 1. The van der Waals surface area contributed by atoms with Crippen molar-refractivity contribution in [3.05, 3.63) is 51.7 Å². The molecule has 10 nitrogen and oxygen atoms in total. The molecule has 2 aromatic rings. The lowest BCUT2D eigenvalue weighted by molar-refractivity contribution is -0.385. The number of carbonyl (C=O) groups is 2. The number of hydrogen-bond acceptors (Lipinski definition) is 7. The molecule has 1 fully saturated rings. The Hall–Kier alpha value is -3.30. The average Bonchev–Trinajstić information content (AvgIpc) is 3.05. The lowest BCUT2D eigenvalue weighted by atomic mass is 9.91. The molecule has 124 valence electrons. The second-order valence-electron chi connectivity index (χ2n) is 5.47. The summed E-state index contributed by atoms with van der Waals surface area (Å²) >= 11 is 0. The fraction of sp³-hybridized carbons (Fsp3) is 0.286. The minimum Gasteiger partial charge on any atom is -0.424 e. The van der Waals surface area contributed by atoms with Gasteiger partial charge in [-0.2, -0.15) is 0 Å². The molecule has 0 saturated carbocycles. The van der Waals surface area contributed by atoms with E-state index in [1.807, 2.05) is 0 Å². The molecule has 1 aromatic heterocycles. The van der Waals surface area contributed by atoms with Gasteiger partial charge in [-0.1, -0.05) is 12.1 Å². The maximum atomic E-state index is 12.7. The van der Waals surface area contributed by atoms with Crippen molar-refractivity contribution in [3.63, 3.8) is 0 Å². The van der Waals surface area contributed by atoms with Crippen molar-refractivity contribution in [1.82, 2.24) is 20.4 Å². The van der Waals surface area contributed by atoms with Crippen LogP contribution in [0, 0.1) is 17.0 Å². The number of aromatic nitrogens is 2. The third kappa shape index (κ3) is 2.47. The maximum absolute atomic E-state index is 12.7. The summed E-state index contributed by atoms with van der Waals surface area (Å²) in [6, 6.07) is 4.95. The van der Waals surface area contributed by atoms with E-state index in [1.54, 1.807) is 13.0 Å². The van der Waals surface area contributed by atoms with Crippen molar-refractivity contribution in [2.75, 3.05) is 0 Å². The molecule has 1 saturated heterocycles. The van der Waals surface area contributed by atoms with E-state index in [2.05, 4.69) is 15.5 Å². The molecule has 0 aliphatic carbocycles. The molecule has 3 amide bonds. The zero-order valence-corrected chi connectivity index (χ0v) is 12.8. The summed E-state index contributed by atoms with van der Waals surface area (Å²) in [5.41, 5.74) is -1.25. The van der Waals surface area contributed by atoms with Gasteiger partial charge in [0.1, 0.15) is 12.1 Å². The average molecular weight is 331 g/mol. The second kappa shape index (κ2) is 5.41. The Morgan fingerprint density at radius 3 is 2.75 bits per heavy atom. The number of nitro benzene ring substituents is 1. The maximum Gasteiger partial charge on any atom is 0.325 e. The summed E-state index contributed by atoms with van der Waals surface area (Å²) in [5, 5.41) is 20.9. The number of non-ortho nitro benzene ring substituents is 1. The molecule has 3 rings (SSSR count). The van der Waals surface area contributed by atoms with Crippen LogP contribution in [-0.4, -0.2) is 32.0 Å². The summed E-state index contributed by atoms with van der Waals surface area (Å²) in [6.45, 7) is 2.91. The molecule has 1 aromatic carbocycles. The lowest BCUT2D eigenvalue weighted by Gasteiger charge is -2.21. The standard InChI is InChI=1S/C14H13N5O5/c1-8-16-17-11(24-8)7-18-12(20)14(2,15-13(18)21)9-4-3-5-10(6-9)19(22)23/h3-6H,7H2,1-2H3,(H,15,21). The van der Waals surface area contributed by atoms with Crippen molar-refractivity contribution in [3.8, 4) is 0 Å². The Balaban J connectivity index is 1.92. The van der Waals surface area contributed by atoms with Gasteiger partial charge < -0.3 is 9.73 Å². The smallest absolute Gasteiger partial charge is 0.325 e. The first-order valence-corrected chi connectivity index (χ1v) is 6.99. The number of rotatable bonds is 4. The largest absolute Gasteiger partial charge is 0.424 e. The number of carbonyl (C=O) groups excluding carboxylic acids is 2. The van der Waals surface area contributed by atoms with Crippen LogP contribution in [0.2, 0.25) is 0 Å². The van der Waals surface area contributed by atoms with Gasteiger partial charge in [-0.25, -0.2) is 4.79 Å². The Morgan fingerprint density at radius 1 is 1.38 bits per heavy atom. The Morgan fingerprint density at radius 2 is 2.12 bits per heavy atom. The number of nitrogens with zero attached hydrogens (tertiary/aromatic N) is 4. The normalized spacial score (nSPS) is 20.3. The minimum atomic E-state index is -1.40. The molecule has 0 radical (unpaired) electrons. The highest BCUT2D eigenvalue weighted by Gasteiger charge is 2.49. The fourth-order valence-electron chi connectivity index (χ4n) is 2.50. The highest BCUT2D eigenvalue weighted by Crippen LogP contribution is 2.31. The first-order valence-electron chi connectivity index (χ1n) is 6.99. The van der Waals surface area contributed by atoms with Crippen LogP contribution in [0.5, 0.6) is 0 Å². The molecule has 1 aliphatic rings. The van der Waals surface area contributed by atoms with E-state index in [0.717, 1.165) is 4.90 Å². The summed E-state index contributed by atoms with van der Waals surface area (Å²) in [5.74, 6) is -0.110. The van der Waals surface area contributed by atoms with Crippen molar-refractivity contribution in [2.24, 2.45) is 0 Å². The number of urea groups is 1. The molecule has 1 unspecified atom stereocenters. The highest BCUT2D eigenvalue weighted by atomic mass is 16.6. The quantitative estimate of drug-likeness (QED) is 0.506. The summed E-state index contributed by atoms with van der Waals surface area (Å²) in [4.78, 5) is 36.2. The molecule has 1 N–H and O–H groups in total. The first kappa shape index (κ1) is 15.6. The number of amides is 3. The summed E-state index contributed by atoms with van der Waals surface area (Å²) < 4.78 is 5.18. The van der Waals surface area contributed by atoms with Gasteiger partial charge in [-0.15, -0.1) is 10.2 Å².